The fourth-order valence-corrected chi connectivity index (χ4v) is 3.75. The van der Waals surface area contributed by atoms with Crippen molar-refractivity contribution in [3.8, 4) is 5.75 Å². The number of aromatic nitrogens is 1. The Morgan fingerprint density at radius 1 is 1.11 bits per heavy atom. The molecule has 0 radical (unpaired) electrons. The minimum atomic E-state index is -3.30. The maximum Gasteiger partial charge on any atom is 0.262 e. The number of pyridine rings is 1. The molecule has 2 aromatic carbocycles. The third-order valence-corrected chi connectivity index (χ3v) is 5.61. The average Bonchev–Trinajstić information content (AvgIpc) is 2.61. The van der Waals surface area contributed by atoms with Gasteiger partial charge in [-0.15, -0.1) is 0 Å². The third-order valence-electron chi connectivity index (χ3n) is 3.89. The van der Waals surface area contributed by atoms with Crippen molar-refractivity contribution >= 4 is 55.5 Å². The first-order valence-corrected chi connectivity index (χ1v) is 10.8. The molecule has 146 valence electrons. The minimum Gasteiger partial charge on any atom is -0.480 e. The molecule has 0 aliphatic heterocycles. The first-order chi connectivity index (χ1) is 13.1. The summed E-state index contributed by atoms with van der Waals surface area (Å²) in [6, 6.07) is 11.0. The van der Waals surface area contributed by atoms with Gasteiger partial charge in [-0.1, -0.05) is 23.2 Å². The van der Waals surface area contributed by atoms with E-state index in [1.807, 2.05) is 19.1 Å². The van der Waals surface area contributed by atoms with Crippen LogP contribution in [0.3, 0.4) is 0 Å². The molecule has 0 unspecified atom stereocenters. The number of carbonyl (C=O) groups is 1. The van der Waals surface area contributed by atoms with Crippen LogP contribution < -0.4 is 10.1 Å². The molecule has 0 aliphatic carbocycles. The van der Waals surface area contributed by atoms with Gasteiger partial charge in [0.15, 0.2) is 22.2 Å². The summed E-state index contributed by atoms with van der Waals surface area (Å²) in [6.45, 7) is 1.52. The number of sulfone groups is 1. The molecule has 1 aromatic heterocycles. The van der Waals surface area contributed by atoms with E-state index in [2.05, 4.69) is 10.3 Å². The zero-order valence-electron chi connectivity index (χ0n) is 15.0. The largest absolute Gasteiger partial charge is 0.480 e. The van der Waals surface area contributed by atoms with Crippen LogP contribution >= 0.6 is 23.2 Å². The average molecular weight is 439 g/mol. The summed E-state index contributed by atoms with van der Waals surface area (Å²) in [5.41, 5.74) is 1.68. The summed E-state index contributed by atoms with van der Waals surface area (Å²) in [5, 5.41) is 3.99. The highest BCUT2D eigenvalue weighted by Crippen LogP contribution is 2.37. The second-order valence-electron chi connectivity index (χ2n) is 6.15. The lowest BCUT2D eigenvalue weighted by Crippen LogP contribution is -2.20. The topological polar surface area (TPSA) is 85.4 Å². The van der Waals surface area contributed by atoms with Crippen molar-refractivity contribution < 1.29 is 17.9 Å². The Labute approximate surface area is 172 Å². The molecule has 3 aromatic rings. The van der Waals surface area contributed by atoms with Gasteiger partial charge in [0.1, 0.15) is 5.52 Å². The quantitative estimate of drug-likeness (QED) is 0.642. The van der Waals surface area contributed by atoms with E-state index in [0.29, 0.717) is 21.6 Å². The van der Waals surface area contributed by atoms with Crippen molar-refractivity contribution in [1.82, 2.24) is 4.98 Å². The van der Waals surface area contributed by atoms with Gasteiger partial charge in [-0.2, -0.15) is 0 Å². The number of hydrogen-bond donors (Lipinski definition) is 1. The molecular weight excluding hydrogens is 423 g/mol. The van der Waals surface area contributed by atoms with E-state index in [0.717, 1.165) is 11.9 Å². The molecule has 9 heteroatoms. The van der Waals surface area contributed by atoms with Gasteiger partial charge >= 0.3 is 0 Å². The molecule has 1 heterocycles. The predicted octanol–water partition coefficient (Wildman–Crippen LogP) is 4.27. The number of nitrogens with zero attached hydrogens (tertiary/aromatic N) is 1. The van der Waals surface area contributed by atoms with E-state index in [9.17, 15) is 13.2 Å². The maximum absolute atomic E-state index is 12.2. The first kappa shape index (κ1) is 20.4. The van der Waals surface area contributed by atoms with Crippen LogP contribution in [0.2, 0.25) is 10.0 Å². The van der Waals surface area contributed by atoms with Crippen molar-refractivity contribution in [2.75, 3.05) is 18.2 Å². The number of aryl methyl sites for hydroxylation is 1. The number of nitrogens with one attached hydrogen (secondary N) is 1. The van der Waals surface area contributed by atoms with Crippen molar-refractivity contribution in [1.29, 1.82) is 0 Å². The summed E-state index contributed by atoms with van der Waals surface area (Å²) >= 11 is 12.4. The lowest BCUT2D eigenvalue weighted by molar-refractivity contribution is -0.118. The van der Waals surface area contributed by atoms with Crippen LogP contribution in [-0.2, 0) is 14.6 Å². The highest BCUT2D eigenvalue weighted by molar-refractivity contribution is 7.90. The summed E-state index contributed by atoms with van der Waals surface area (Å²) < 4.78 is 28.6. The molecule has 3 rings (SSSR count). The molecule has 0 fully saturated rings. The highest BCUT2D eigenvalue weighted by Gasteiger charge is 2.15. The van der Waals surface area contributed by atoms with Crippen LogP contribution in [0.1, 0.15) is 5.69 Å². The fraction of sp³-hybridized carbons (Fsp3) is 0.158. The van der Waals surface area contributed by atoms with E-state index in [1.54, 1.807) is 6.07 Å². The summed E-state index contributed by atoms with van der Waals surface area (Å²) in [6.07, 6.45) is 1.12. The molecule has 0 saturated heterocycles. The number of fused-ring (bicyclic) bond motifs is 1. The Morgan fingerprint density at radius 2 is 1.79 bits per heavy atom. The Hall–Kier alpha value is -2.35. The third kappa shape index (κ3) is 4.55. The molecule has 1 amide bonds. The summed E-state index contributed by atoms with van der Waals surface area (Å²) in [4.78, 5) is 16.8. The number of amides is 1. The van der Waals surface area contributed by atoms with Gasteiger partial charge in [-0.3, -0.25) is 4.79 Å². The van der Waals surface area contributed by atoms with Crippen LogP contribution in [0.4, 0.5) is 5.69 Å². The zero-order valence-corrected chi connectivity index (χ0v) is 17.3. The number of carbonyl (C=O) groups excluding carboxylic acids is 1. The number of benzene rings is 2. The van der Waals surface area contributed by atoms with Gasteiger partial charge in [-0.05, 0) is 49.4 Å². The Kier molecular flexibility index (Phi) is 5.79. The Bertz CT molecular complexity index is 1160. The van der Waals surface area contributed by atoms with Crippen molar-refractivity contribution in [2.45, 2.75) is 11.8 Å². The number of anilines is 1. The first-order valence-electron chi connectivity index (χ1n) is 8.13. The Morgan fingerprint density at radius 3 is 2.43 bits per heavy atom. The normalized spacial score (nSPS) is 11.4. The van der Waals surface area contributed by atoms with Crippen LogP contribution in [0.5, 0.6) is 5.75 Å². The number of halogens is 2. The molecule has 0 spiro atoms. The van der Waals surface area contributed by atoms with Crippen molar-refractivity contribution in [2.24, 2.45) is 0 Å². The Balaban J connectivity index is 1.75. The second-order valence-corrected chi connectivity index (χ2v) is 8.98. The van der Waals surface area contributed by atoms with Crippen LogP contribution in [0.15, 0.2) is 47.4 Å². The summed E-state index contributed by atoms with van der Waals surface area (Å²) in [7, 11) is -3.30. The van der Waals surface area contributed by atoms with E-state index in [4.69, 9.17) is 27.9 Å². The van der Waals surface area contributed by atoms with Crippen molar-refractivity contribution in [3.63, 3.8) is 0 Å². The lowest BCUT2D eigenvalue weighted by atomic mass is 10.2. The second kappa shape index (κ2) is 7.95. The maximum atomic E-state index is 12.2. The molecule has 0 saturated carbocycles. The van der Waals surface area contributed by atoms with Gasteiger partial charge in [0.2, 0.25) is 0 Å². The van der Waals surface area contributed by atoms with Gasteiger partial charge < -0.3 is 10.1 Å². The highest BCUT2D eigenvalue weighted by atomic mass is 35.5. The molecular formula is C19H16Cl2N2O4S. The van der Waals surface area contributed by atoms with Crippen LogP contribution in [0.25, 0.3) is 10.9 Å². The molecule has 0 atom stereocenters. The molecule has 0 bridgehead atoms. The van der Waals surface area contributed by atoms with E-state index < -0.39 is 15.7 Å². The van der Waals surface area contributed by atoms with Crippen LogP contribution in [-0.4, -0.2) is 32.2 Å². The SMILES string of the molecule is Cc1ccc2c(Cl)cc(Cl)c(OCC(=O)Nc3ccc(S(C)(=O)=O)cc3)c2n1. The standard InChI is InChI=1S/C19H16Cl2N2O4S/c1-11-3-8-14-15(20)9-16(21)19(18(14)22-11)27-10-17(24)23-12-4-6-13(7-5-12)28(2,25)26/h3-9H,10H2,1-2H3,(H,23,24). The summed E-state index contributed by atoms with van der Waals surface area (Å²) in [5.74, 6) is -0.161. The van der Waals surface area contributed by atoms with Crippen molar-refractivity contribution in [3.05, 3.63) is 58.2 Å². The lowest BCUT2D eigenvalue weighted by Gasteiger charge is -2.12. The molecule has 0 aliphatic rings. The fourth-order valence-electron chi connectivity index (χ4n) is 2.55. The van der Waals surface area contributed by atoms with E-state index in [-0.39, 0.29) is 22.3 Å². The number of ether oxygens (including phenoxy) is 1. The number of rotatable bonds is 5. The minimum absolute atomic E-state index is 0.169. The van der Waals surface area contributed by atoms with Gasteiger partial charge in [0.05, 0.1) is 14.9 Å². The molecule has 28 heavy (non-hydrogen) atoms. The predicted molar refractivity (Wildman–Crippen MR) is 110 cm³/mol. The zero-order chi connectivity index (χ0) is 20.5. The number of hydrogen-bond acceptors (Lipinski definition) is 5. The van der Waals surface area contributed by atoms with E-state index >= 15 is 0 Å². The van der Waals surface area contributed by atoms with Gasteiger partial charge in [0.25, 0.3) is 5.91 Å². The molecule has 1 N–H and O–H groups in total. The monoisotopic (exact) mass is 438 g/mol. The van der Waals surface area contributed by atoms with Crippen LogP contribution in [0, 0.1) is 6.92 Å². The van der Waals surface area contributed by atoms with Gasteiger partial charge in [0, 0.05) is 23.0 Å². The van der Waals surface area contributed by atoms with E-state index in [1.165, 1.54) is 24.3 Å². The van der Waals surface area contributed by atoms with Gasteiger partial charge in [-0.25, -0.2) is 13.4 Å². The smallest absolute Gasteiger partial charge is 0.262 e. The molecule has 6 nitrogen and oxygen atoms in total.